The van der Waals surface area contributed by atoms with Crippen molar-refractivity contribution < 1.29 is 23.5 Å². The maximum Gasteiger partial charge on any atom is 0.287 e. The molecule has 1 fully saturated rings. The van der Waals surface area contributed by atoms with Crippen LogP contribution in [0.5, 0.6) is 5.75 Å². The van der Waals surface area contributed by atoms with Crippen LogP contribution in [-0.2, 0) is 5.60 Å². The summed E-state index contributed by atoms with van der Waals surface area (Å²) >= 11 is 0. The van der Waals surface area contributed by atoms with Crippen molar-refractivity contribution in [2.45, 2.75) is 18.4 Å². The van der Waals surface area contributed by atoms with Crippen molar-refractivity contribution in [2.75, 3.05) is 13.7 Å². The number of fused-ring (bicyclic) bond motifs is 1. The lowest BCUT2D eigenvalue weighted by atomic mass is 9.94. The molecule has 6 heteroatoms. The molecule has 25 heavy (non-hydrogen) atoms. The Bertz CT molecular complexity index is 894. The highest BCUT2D eigenvalue weighted by atomic mass is 16.5. The van der Waals surface area contributed by atoms with Crippen molar-refractivity contribution in [3.63, 3.8) is 0 Å². The summed E-state index contributed by atoms with van der Waals surface area (Å²) in [5.74, 6) is 0.930. The zero-order valence-electron chi connectivity index (χ0n) is 13.8. The molecule has 2 aromatic heterocycles. The fraction of sp³-hybridized carbons (Fsp3) is 0.316. The Morgan fingerprint density at radius 2 is 2.20 bits per heavy atom. The molecule has 1 aliphatic carbocycles. The lowest BCUT2D eigenvalue weighted by Gasteiger charge is -2.26. The van der Waals surface area contributed by atoms with Crippen LogP contribution in [0, 0.1) is 5.92 Å². The molecule has 0 aliphatic heterocycles. The van der Waals surface area contributed by atoms with Gasteiger partial charge in [0.1, 0.15) is 11.4 Å². The molecule has 0 unspecified atom stereocenters. The number of ether oxygens (including phenoxy) is 1. The van der Waals surface area contributed by atoms with Gasteiger partial charge in [-0.2, -0.15) is 0 Å². The molecule has 0 saturated heterocycles. The summed E-state index contributed by atoms with van der Waals surface area (Å²) < 4.78 is 16.3. The number of carbonyl (C=O) groups excluding carboxylic acids is 1. The highest BCUT2D eigenvalue weighted by Gasteiger charge is 2.47. The second-order valence-corrected chi connectivity index (χ2v) is 6.35. The van der Waals surface area contributed by atoms with E-state index < -0.39 is 5.60 Å². The van der Waals surface area contributed by atoms with E-state index in [1.807, 2.05) is 12.1 Å². The lowest BCUT2D eigenvalue weighted by molar-refractivity contribution is -0.00629. The van der Waals surface area contributed by atoms with Gasteiger partial charge in [0, 0.05) is 5.39 Å². The van der Waals surface area contributed by atoms with Gasteiger partial charge in [0.25, 0.3) is 5.91 Å². The SMILES string of the molecule is COc1cccc2cc(C(=O)NC[C@](O)(c3ccco3)C3CC3)oc12. The van der Waals surface area contributed by atoms with Crippen LogP contribution in [0.4, 0.5) is 0 Å². The van der Waals surface area contributed by atoms with Crippen LogP contribution in [0.15, 0.2) is 51.5 Å². The minimum Gasteiger partial charge on any atom is -0.493 e. The second-order valence-electron chi connectivity index (χ2n) is 6.35. The van der Waals surface area contributed by atoms with E-state index >= 15 is 0 Å². The van der Waals surface area contributed by atoms with Crippen LogP contribution in [0.1, 0.15) is 29.2 Å². The van der Waals surface area contributed by atoms with Crippen LogP contribution < -0.4 is 10.1 Å². The molecule has 0 radical (unpaired) electrons. The van der Waals surface area contributed by atoms with Gasteiger partial charge in [-0.25, -0.2) is 0 Å². The number of hydrogen-bond acceptors (Lipinski definition) is 5. The molecule has 0 bridgehead atoms. The van der Waals surface area contributed by atoms with Crippen molar-refractivity contribution in [3.05, 3.63) is 54.2 Å². The van der Waals surface area contributed by atoms with Crippen molar-refractivity contribution in [3.8, 4) is 5.75 Å². The molecule has 1 aliphatic rings. The molecule has 4 rings (SSSR count). The van der Waals surface area contributed by atoms with E-state index in [9.17, 15) is 9.90 Å². The van der Waals surface area contributed by atoms with Gasteiger partial charge in [-0.3, -0.25) is 4.79 Å². The smallest absolute Gasteiger partial charge is 0.287 e. The maximum atomic E-state index is 12.5. The topological polar surface area (TPSA) is 84.8 Å². The fourth-order valence-electron chi connectivity index (χ4n) is 3.13. The molecular weight excluding hydrogens is 322 g/mol. The number of para-hydroxylation sites is 1. The van der Waals surface area contributed by atoms with Gasteiger partial charge < -0.3 is 24.0 Å². The molecular formula is C19H19NO5. The number of aliphatic hydroxyl groups is 1. The van der Waals surface area contributed by atoms with E-state index in [2.05, 4.69) is 5.32 Å². The van der Waals surface area contributed by atoms with Crippen molar-refractivity contribution in [2.24, 2.45) is 5.92 Å². The van der Waals surface area contributed by atoms with E-state index in [1.165, 1.54) is 6.26 Å². The summed E-state index contributed by atoms with van der Waals surface area (Å²) in [6.45, 7) is 0.0677. The zero-order valence-corrected chi connectivity index (χ0v) is 13.8. The van der Waals surface area contributed by atoms with Gasteiger partial charge in [-0.15, -0.1) is 0 Å². The van der Waals surface area contributed by atoms with E-state index in [1.54, 1.807) is 31.4 Å². The molecule has 1 saturated carbocycles. The Morgan fingerprint density at radius 3 is 2.88 bits per heavy atom. The van der Waals surface area contributed by atoms with Crippen LogP contribution in [0.3, 0.4) is 0 Å². The average molecular weight is 341 g/mol. The summed E-state index contributed by atoms with van der Waals surface area (Å²) in [4.78, 5) is 12.5. The van der Waals surface area contributed by atoms with E-state index in [-0.39, 0.29) is 24.1 Å². The van der Waals surface area contributed by atoms with E-state index in [0.29, 0.717) is 17.1 Å². The number of hydrogen-bond donors (Lipinski definition) is 2. The molecule has 2 heterocycles. The van der Waals surface area contributed by atoms with E-state index in [0.717, 1.165) is 18.2 Å². The summed E-state index contributed by atoms with van der Waals surface area (Å²) in [5, 5.41) is 14.5. The first-order valence-corrected chi connectivity index (χ1v) is 8.23. The number of benzene rings is 1. The van der Waals surface area contributed by atoms with Crippen LogP contribution >= 0.6 is 0 Å². The summed E-state index contributed by atoms with van der Waals surface area (Å²) in [7, 11) is 1.55. The fourth-order valence-corrected chi connectivity index (χ4v) is 3.13. The first kappa shape index (κ1) is 15.8. The van der Waals surface area contributed by atoms with Crippen molar-refractivity contribution >= 4 is 16.9 Å². The molecule has 1 amide bonds. The largest absolute Gasteiger partial charge is 0.493 e. The third-order valence-electron chi connectivity index (χ3n) is 4.67. The van der Waals surface area contributed by atoms with Crippen molar-refractivity contribution in [1.82, 2.24) is 5.32 Å². The Morgan fingerprint density at radius 1 is 1.36 bits per heavy atom. The Kier molecular flexibility index (Phi) is 3.77. The Balaban J connectivity index is 1.54. The molecule has 6 nitrogen and oxygen atoms in total. The minimum absolute atomic E-state index is 0.0677. The number of amides is 1. The Labute approximate surface area is 144 Å². The maximum absolute atomic E-state index is 12.5. The monoisotopic (exact) mass is 341 g/mol. The Hall–Kier alpha value is -2.73. The number of rotatable bonds is 6. The first-order chi connectivity index (χ1) is 12.1. The third-order valence-corrected chi connectivity index (χ3v) is 4.67. The summed E-state index contributed by atoms with van der Waals surface area (Å²) in [6, 6.07) is 10.6. The van der Waals surface area contributed by atoms with Gasteiger partial charge in [0.05, 0.1) is 19.9 Å². The highest BCUT2D eigenvalue weighted by molar-refractivity contribution is 5.97. The van der Waals surface area contributed by atoms with Gasteiger partial charge >= 0.3 is 0 Å². The van der Waals surface area contributed by atoms with Gasteiger partial charge in [0.15, 0.2) is 17.1 Å². The number of carbonyl (C=O) groups is 1. The molecule has 2 N–H and O–H groups in total. The van der Waals surface area contributed by atoms with Crippen molar-refractivity contribution in [1.29, 1.82) is 0 Å². The van der Waals surface area contributed by atoms with Crippen LogP contribution in [-0.4, -0.2) is 24.7 Å². The summed E-state index contributed by atoms with van der Waals surface area (Å²) in [6.07, 6.45) is 3.35. The zero-order chi connectivity index (χ0) is 17.4. The number of furan rings is 2. The predicted octanol–water partition coefficient (Wildman–Crippen LogP) is 3.06. The highest BCUT2D eigenvalue weighted by Crippen LogP contribution is 2.45. The molecule has 130 valence electrons. The number of nitrogens with one attached hydrogen (secondary N) is 1. The average Bonchev–Trinajstić information content (AvgIpc) is 3.17. The van der Waals surface area contributed by atoms with Crippen LogP contribution in [0.2, 0.25) is 0 Å². The lowest BCUT2D eigenvalue weighted by Crippen LogP contribution is -2.42. The standard InChI is InChI=1S/C19H19NO5/c1-23-14-5-2-4-12-10-15(25-17(12)14)18(21)20-11-19(22,13-7-8-13)16-6-3-9-24-16/h2-6,9-10,13,22H,7-8,11H2,1H3,(H,20,21)/t19-/m1/s1. The van der Waals surface area contributed by atoms with Gasteiger partial charge in [-0.1, -0.05) is 12.1 Å². The summed E-state index contributed by atoms with van der Waals surface area (Å²) in [5.41, 5.74) is -0.665. The third kappa shape index (κ3) is 2.78. The molecule has 1 aromatic carbocycles. The molecule has 3 aromatic rings. The van der Waals surface area contributed by atoms with Crippen LogP contribution in [0.25, 0.3) is 11.0 Å². The number of methoxy groups -OCH3 is 1. The molecule has 1 atom stereocenters. The quantitative estimate of drug-likeness (QED) is 0.720. The first-order valence-electron chi connectivity index (χ1n) is 8.23. The van der Waals surface area contributed by atoms with E-state index in [4.69, 9.17) is 13.6 Å². The molecule has 0 spiro atoms. The minimum atomic E-state index is -1.19. The second kappa shape index (κ2) is 5.97. The van der Waals surface area contributed by atoms with Gasteiger partial charge in [-0.05, 0) is 43.0 Å². The predicted molar refractivity (Wildman–Crippen MR) is 90.4 cm³/mol. The normalized spacial score (nSPS) is 16.6. The van der Waals surface area contributed by atoms with Gasteiger partial charge in [0.2, 0.25) is 0 Å².